The molecular weight excluding hydrogens is 466 g/mol. The number of methoxy groups -OCH3 is 2. The Morgan fingerprint density at radius 1 is 1.20 bits per heavy atom. The minimum absolute atomic E-state index is 0.00600. The molecule has 0 bridgehead atoms. The number of hydrogen-bond donors (Lipinski definition) is 2. The molecule has 3 aromatic rings. The van der Waals surface area contributed by atoms with Crippen molar-refractivity contribution in [1.82, 2.24) is 14.8 Å². The maximum atomic E-state index is 12.5. The van der Waals surface area contributed by atoms with Gasteiger partial charge in [-0.05, 0) is 48.2 Å². The van der Waals surface area contributed by atoms with Gasteiger partial charge in [0.15, 0.2) is 0 Å². The maximum absolute atomic E-state index is 12.5. The average molecular weight is 498 g/mol. The number of aromatic amines is 1. The number of ether oxygens (including phenoxy) is 2. The van der Waals surface area contributed by atoms with E-state index in [4.69, 9.17) is 21.1 Å². The number of aliphatic hydroxyl groups is 1. The first-order valence-corrected chi connectivity index (χ1v) is 12.4. The van der Waals surface area contributed by atoms with E-state index in [1.54, 1.807) is 14.2 Å². The van der Waals surface area contributed by atoms with E-state index in [9.17, 15) is 9.90 Å². The van der Waals surface area contributed by atoms with Gasteiger partial charge in [-0.2, -0.15) is 0 Å². The van der Waals surface area contributed by atoms with E-state index < -0.39 is 0 Å². The predicted molar refractivity (Wildman–Crippen MR) is 136 cm³/mol. The van der Waals surface area contributed by atoms with Gasteiger partial charge in [-0.15, -0.1) is 0 Å². The molecule has 1 saturated heterocycles. The number of aliphatic hydroxyl groups excluding tert-OH is 1. The number of carbonyl (C=O) groups is 1. The summed E-state index contributed by atoms with van der Waals surface area (Å²) in [6.07, 6.45) is 1.69. The molecule has 0 aliphatic carbocycles. The number of aromatic nitrogens is 1. The molecule has 7 nitrogen and oxygen atoms in total. The number of piperidine rings is 1. The Balaban J connectivity index is 1.57. The van der Waals surface area contributed by atoms with Crippen LogP contribution in [-0.4, -0.2) is 72.9 Å². The summed E-state index contributed by atoms with van der Waals surface area (Å²) in [7, 11) is 3.22. The van der Waals surface area contributed by atoms with Gasteiger partial charge in [-0.1, -0.05) is 23.7 Å². The lowest BCUT2D eigenvalue weighted by molar-refractivity contribution is -0.137. The van der Waals surface area contributed by atoms with E-state index >= 15 is 0 Å². The summed E-state index contributed by atoms with van der Waals surface area (Å²) in [5.74, 6) is 0.826. The highest BCUT2D eigenvalue weighted by atomic mass is 35.5. The average Bonchev–Trinajstić information content (AvgIpc) is 3.24. The molecule has 0 unspecified atom stereocenters. The van der Waals surface area contributed by atoms with Gasteiger partial charge in [-0.25, -0.2) is 0 Å². The van der Waals surface area contributed by atoms with Crippen molar-refractivity contribution in [3.63, 3.8) is 0 Å². The molecule has 2 aromatic carbocycles. The highest BCUT2D eigenvalue weighted by molar-refractivity contribution is 6.30. The summed E-state index contributed by atoms with van der Waals surface area (Å²) in [5.41, 5.74) is 4.31. The second kappa shape index (κ2) is 9.82. The standard InChI is InChI=1S/C27H32ClN3O4/c1-34-16-24(33)30-10-8-27(9-11-30)17-31(14-18-4-3-5-19(28)12-18)23(15-32)26-25(27)21-7-6-20(35-2)13-22(21)29-26/h3-7,12-13,23,29,32H,8-11,14-17H2,1-2H3/t23-/m1/s1. The number of nitrogens with zero attached hydrogens (tertiary/aromatic N) is 2. The number of hydrogen-bond acceptors (Lipinski definition) is 5. The van der Waals surface area contributed by atoms with Gasteiger partial charge in [0.1, 0.15) is 12.4 Å². The second-order valence-corrected chi connectivity index (χ2v) is 10.1. The van der Waals surface area contributed by atoms with Crippen molar-refractivity contribution in [3.05, 3.63) is 64.3 Å². The van der Waals surface area contributed by atoms with Gasteiger partial charge in [-0.3, -0.25) is 9.69 Å². The Morgan fingerprint density at radius 2 is 2.00 bits per heavy atom. The third-order valence-electron chi connectivity index (χ3n) is 7.63. The smallest absolute Gasteiger partial charge is 0.248 e. The highest BCUT2D eigenvalue weighted by Gasteiger charge is 2.47. The van der Waals surface area contributed by atoms with E-state index in [0.717, 1.165) is 41.9 Å². The van der Waals surface area contributed by atoms with Crippen molar-refractivity contribution in [2.24, 2.45) is 0 Å². The van der Waals surface area contributed by atoms with Gasteiger partial charge in [0, 0.05) is 66.4 Å². The lowest BCUT2D eigenvalue weighted by atomic mass is 9.68. The van der Waals surface area contributed by atoms with Crippen LogP contribution in [-0.2, 0) is 21.5 Å². The SMILES string of the molecule is COCC(=O)N1CCC2(CC1)CN(Cc1cccc(Cl)c1)[C@H](CO)c1[nH]c3cc(OC)ccc3c12. The van der Waals surface area contributed by atoms with Crippen LogP contribution in [0.2, 0.25) is 5.02 Å². The highest BCUT2D eigenvalue weighted by Crippen LogP contribution is 2.49. The van der Waals surface area contributed by atoms with Crippen molar-refractivity contribution >= 4 is 28.4 Å². The largest absolute Gasteiger partial charge is 0.497 e. The summed E-state index contributed by atoms with van der Waals surface area (Å²) in [5, 5.41) is 12.4. The van der Waals surface area contributed by atoms with Crippen molar-refractivity contribution in [2.75, 3.05) is 47.1 Å². The molecule has 35 heavy (non-hydrogen) atoms. The van der Waals surface area contributed by atoms with E-state index in [1.807, 2.05) is 35.2 Å². The first-order chi connectivity index (χ1) is 17.0. The molecule has 1 aromatic heterocycles. The zero-order chi connectivity index (χ0) is 24.6. The normalized spacial score (nSPS) is 19.8. The van der Waals surface area contributed by atoms with Crippen molar-refractivity contribution in [1.29, 1.82) is 0 Å². The Labute approximate surface area is 210 Å². The van der Waals surface area contributed by atoms with E-state index in [-0.39, 0.29) is 30.6 Å². The lowest BCUT2D eigenvalue weighted by Crippen LogP contribution is -2.54. The third kappa shape index (κ3) is 4.42. The summed E-state index contributed by atoms with van der Waals surface area (Å²) in [4.78, 5) is 20.4. The lowest BCUT2D eigenvalue weighted by Gasteiger charge is -2.50. The summed E-state index contributed by atoms with van der Waals surface area (Å²) < 4.78 is 10.6. The van der Waals surface area contributed by atoms with Gasteiger partial charge < -0.3 is 24.5 Å². The van der Waals surface area contributed by atoms with Crippen molar-refractivity contribution < 1.29 is 19.4 Å². The van der Waals surface area contributed by atoms with Crippen molar-refractivity contribution in [2.45, 2.75) is 30.8 Å². The summed E-state index contributed by atoms with van der Waals surface area (Å²) >= 11 is 6.28. The molecule has 2 aliphatic rings. The Morgan fingerprint density at radius 3 is 2.69 bits per heavy atom. The van der Waals surface area contributed by atoms with Crippen LogP contribution in [0, 0.1) is 0 Å². The minimum atomic E-state index is -0.166. The zero-order valence-corrected chi connectivity index (χ0v) is 21.0. The maximum Gasteiger partial charge on any atom is 0.248 e. The Bertz CT molecular complexity index is 1220. The molecule has 0 saturated carbocycles. The predicted octanol–water partition coefficient (Wildman–Crippen LogP) is 3.89. The molecule has 1 spiro atoms. The molecule has 0 radical (unpaired) electrons. The third-order valence-corrected chi connectivity index (χ3v) is 7.87. The quantitative estimate of drug-likeness (QED) is 0.540. The molecule has 2 aliphatic heterocycles. The molecule has 2 N–H and O–H groups in total. The number of amides is 1. The van der Waals surface area contributed by atoms with E-state index in [0.29, 0.717) is 24.7 Å². The first kappa shape index (κ1) is 24.1. The molecular formula is C27H32ClN3O4. The number of fused-ring (bicyclic) bond motifs is 4. The fourth-order valence-electron chi connectivity index (χ4n) is 5.96. The Hall–Kier alpha value is -2.58. The van der Waals surface area contributed by atoms with Crippen LogP contribution in [0.15, 0.2) is 42.5 Å². The van der Waals surface area contributed by atoms with Crippen LogP contribution in [0.1, 0.15) is 35.7 Å². The van der Waals surface area contributed by atoms with E-state index in [1.165, 1.54) is 10.9 Å². The van der Waals surface area contributed by atoms with Crippen LogP contribution in [0.25, 0.3) is 10.9 Å². The van der Waals surface area contributed by atoms with Crippen LogP contribution in [0.4, 0.5) is 0 Å². The summed E-state index contributed by atoms with van der Waals surface area (Å²) in [6.45, 7) is 2.95. The Kier molecular flexibility index (Phi) is 6.77. The van der Waals surface area contributed by atoms with Gasteiger partial charge in [0.05, 0.1) is 19.8 Å². The van der Waals surface area contributed by atoms with Crippen LogP contribution in [0.5, 0.6) is 5.75 Å². The van der Waals surface area contributed by atoms with Gasteiger partial charge in [0.2, 0.25) is 5.91 Å². The van der Waals surface area contributed by atoms with Crippen molar-refractivity contribution in [3.8, 4) is 5.75 Å². The number of carbonyl (C=O) groups excluding carboxylic acids is 1. The molecule has 8 heteroatoms. The molecule has 1 atom stereocenters. The molecule has 1 fully saturated rings. The number of nitrogens with one attached hydrogen (secondary N) is 1. The topological polar surface area (TPSA) is 78.0 Å². The zero-order valence-electron chi connectivity index (χ0n) is 20.2. The van der Waals surface area contributed by atoms with Crippen LogP contribution in [0.3, 0.4) is 0 Å². The van der Waals surface area contributed by atoms with Gasteiger partial charge in [0.25, 0.3) is 0 Å². The number of rotatable bonds is 6. The number of benzene rings is 2. The molecule has 1 amide bonds. The first-order valence-electron chi connectivity index (χ1n) is 12.0. The number of H-pyrrole nitrogens is 1. The van der Waals surface area contributed by atoms with E-state index in [2.05, 4.69) is 22.0 Å². The van der Waals surface area contributed by atoms with Crippen LogP contribution >= 0.6 is 11.6 Å². The second-order valence-electron chi connectivity index (χ2n) is 9.65. The fraction of sp³-hybridized carbons (Fsp3) is 0.444. The van der Waals surface area contributed by atoms with Gasteiger partial charge >= 0.3 is 0 Å². The monoisotopic (exact) mass is 497 g/mol. The number of likely N-dealkylation sites (tertiary alicyclic amines) is 1. The fourth-order valence-corrected chi connectivity index (χ4v) is 6.17. The number of halogens is 1. The summed E-state index contributed by atoms with van der Waals surface area (Å²) in [6, 6.07) is 13.9. The minimum Gasteiger partial charge on any atom is -0.497 e. The molecule has 186 valence electrons. The molecule has 3 heterocycles. The van der Waals surface area contributed by atoms with Crippen LogP contribution < -0.4 is 4.74 Å². The molecule has 5 rings (SSSR count).